The van der Waals surface area contributed by atoms with Gasteiger partial charge in [0.1, 0.15) is 11.6 Å². The minimum absolute atomic E-state index is 0.0109. The number of benzene rings is 2. The van der Waals surface area contributed by atoms with E-state index in [2.05, 4.69) is 29.1 Å². The van der Waals surface area contributed by atoms with Crippen LogP contribution in [0, 0.1) is 5.92 Å². The SMILES string of the molecule is CC(C)[C@@H](N)CNc1nc(-c2cccc(Cl)c2O)nc2ccccc12. The van der Waals surface area contributed by atoms with Crippen molar-refractivity contribution in [2.45, 2.75) is 19.9 Å². The Morgan fingerprint density at radius 3 is 2.64 bits per heavy atom. The monoisotopic (exact) mass is 356 g/mol. The zero-order valence-corrected chi connectivity index (χ0v) is 15.0. The van der Waals surface area contributed by atoms with Crippen LogP contribution in [0.2, 0.25) is 5.02 Å². The number of nitrogens with one attached hydrogen (secondary N) is 1. The first kappa shape index (κ1) is 17.5. The fourth-order valence-corrected chi connectivity index (χ4v) is 2.65. The topological polar surface area (TPSA) is 84.1 Å². The molecule has 0 aliphatic carbocycles. The Kier molecular flexibility index (Phi) is 5.06. The smallest absolute Gasteiger partial charge is 0.165 e. The van der Waals surface area contributed by atoms with E-state index in [0.717, 1.165) is 10.9 Å². The highest BCUT2D eigenvalue weighted by Gasteiger charge is 2.15. The van der Waals surface area contributed by atoms with Crippen molar-refractivity contribution in [2.24, 2.45) is 11.7 Å². The minimum Gasteiger partial charge on any atom is -0.506 e. The van der Waals surface area contributed by atoms with E-state index in [4.69, 9.17) is 17.3 Å². The summed E-state index contributed by atoms with van der Waals surface area (Å²) in [4.78, 5) is 9.18. The second-order valence-corrected chi connectivity index (χ2v) is 6.74. The van der Waals surface area contributed by atoms with Gasteiger partial charge in [-0.25, -0.2) is 9.97 Å². The number of halogens is 1. The maximum absolute atomic E-state index is 10.3. The predicted octanol–water partition coefficient (Wildman–Crippen LogP) is 4.05. The van der Waals surface area contributed by atoms with Crippen molar-refractivity contribution in [3.05, 3.63) is 47.5 Å². The van der Waals surface area contributed by atoms with Crippen LogP contribution in [0.25, 0.3) is 22.3 Å². The molecule has 3 aromatic rings. The predicted molar refractivity (Wildman–Crippen MR) is 103 cm³/mol. The third-order valence-electron chi connectivity index (χ3n) is 4.19. The van der Waals surface area contributed by atoms with Crippen molar-refractivity contribution in [1.29, 1.82) is 0 Å². The van der Waals surface area contributed by atoms with Crippen LogP contribution in [-0.2, 0) is 0 Å². The minimum atomic E-state index is -0.0238. The molecule has 0 radical (unpaired) electrons. The number of hydrogen-bond donors (Lipinski definition) is 3. The molecule has 0 amide bonds. The van der Waals surface area contributed by atoms with Crippen molar-refractivity contribution in [2.75, 3.05) is 11.9 Å². The van der Waals surface area contributed by atoms with E-state index in [1.807, 2.05) is 24.3 Å². The molecule has 130 valence electrons. The van der Waals surface area contributed by atoms with Crippen molar-refractivity contribution < 1.29 is 5.11 Å². The van der Waals surface area contributed by atoms with E-state index >= 15 is 0 Å². The third-order valence-corrected chi connectivity index (χ3v) is 4.50. The first-order valence-electron chi connectivity index (χ1n) is 8.21. The van der Waals surface area contributed by atoms with Crippen LogP contribution < -0.4 is 11.1 Å². The molecule has 5 nitrogen and oxygen atoms in total. The zero-order valence-electron chi connectivity index (χ0n) is 14.2. The summed E-state index contributed by atoms with van der Waals surface area (Å²) in [6.45, 7) is 4.76. The fraction of sp³-hybridized carbons (Fsp3) is 0.263. The van der Waals surface area contributed by atoms with Gasteiger partial charge in [-0.05, 0) is 30.2 Å². The van der Waals surface area contributed by atoms with Gasteiger partial charge in [0.15, 0.2) is 5.82 Å². The number of para-hydroxylation sites is 2. The molecule has 0 saturated heterocycles. The van der Waals surface area contributed by atoms with E-state index < -0.39 is 0 Å². The quantitative estimate of drug-likeness (QED) is 0.642. The van der Waals surface area contributed by atoms with Crippen LogP contribution in [0.4, 0.5) is 5.82 Å². The number of rotatable bonds is 5. The van der Waals surface area contributed by atoms with Crippen molar-refractivity contribution in [1.82, 2.24) is 9.97 Å². The van der Waals surface area contributed by atoms with Gasteiger partial charge in [-0.1, -0.05) is 43.6 Å². The Balaban J connectivity index is 2.07. The van der Waals surface area contributed by atoms with Gasteiger partial charge in [0, 0.05) is 18.0 Å². The molecule has 3 rings (SSSR count). The Morgan fingerprint density at radius 2 is 1.88 bits per heavy atom. The summed E-state index contributed by atoms with van der Waals surface area (Å²) in [5.41, 5.74) is 7.42. The molecule has 6 heteroatoms. The van der Waals surface area contributed by atoms with Crippen molar-refractivity contribution in [3.8, 4) is 17.1 Å². The lowest BCUT2D eigenvalue weighted by Gasteiger charge is -2.18. The maximum Gasteiger partial charge on any atom is 0.165 e. The second kappa shape index (κ2) is 7.25. The van der Waals surface area contributed by atoms with Crippen LogP contribution in [0.3, 0.4) is 0 Å². The standard InChI is InChI=1S/C19H21ClN4O/c1-11(2)15(21)10-22-18-12-6-3-4-9-16(12)23-19(24-18)13-7-5-8-14(20)17(13)25/h3-9,11,15,25H,10,21H2,1-2H3,(H,22,23,24)/t15-/m0/s1. The van der Waals surface area contributed by atoms with Gasteiger partial charge in [-0.3, -0.25) is 0 Å². The maximum atomic E-state index is 10.3. The molecule has 0 saturated carbocycles. The highest BCUT2D eigenvalue weighted by atomic mass is 35.5. The number of nitrogens with two attached hydrogens (primary N) is 1. The Hall–Kier alpha value is -2.37. The molecule has 25 heavy (non-hydrogen) atoms. The summed E-state index contributed by atoms with van der Waals surface area (Å²) in [6, 6.07) is 12.9. The number of fused-ring (bicyclic) bond motifs is 1. The lowest BCUT2D eigenvalue weighted by Crippen LogP contribution is -2.34. The molecule has 4 N–H and O–H groups in total. The highest BCUT2D eigenvalue weighted by molar-refractivity contribution is 6.32. The van der Waals surface area contributed by atoms with Crippen LogP contribution in [-0.4, -0.2) is 27.7 Å². The summed E-state index contributed by atoms with van der Waals surface area (Å²) < 4.78 is 0. The molecular weight excluding hydrogens is 336 g/mol. The number of anilines is 1. The lowest BCUT2D eigenvalue weighted by atomic mass is 10.1. The molecule has 0 aliphatic heterocycles. The van der Waals surface area contributed by atoms with Crippen LogP contribution in [0.1, 0.15) is 13.8 Å². The number of phenols is 1. The van der Waals surface area contributed by atoms with Gasteiger partial charge >= 0.3 is 0 Å². The number of aromatic hydroxyl groups is 1. The van der Waals surface area contributed by atoms with Gasteiger partial charge in [0.05, 0.1) is 16.1 Å². The molecule has 0 aliphatic rings. The van der Waals surface area contributed by atoms with E-state index in [-0.39, 0.29) is 16.8 Å². The summed E-state index contributed by atoms with van der Waals surface area (Å²) in [7, 11) is 0. The van der Waals surface area contributed by atoms with E-state index in [1.165, 1.54) is 0 Å². The number of hydrogen-bond acceptors (Lipinski definition) is 5. The number of nitrogens with zero attached hydrogens (tertiary/aromatic N) is 2. The average molecular weight is 357 g/mol. The van der Waals surface area contributed by atoms with Gasteiger partial charge in [0.25, 0.3) is 0 Å². The van der Waals surface area contributed by atoms with Crippen LogP contribution >= 0.6 is 11.6 Å². The summed E-state index contributed by atoms with van der Waals surface area (Å²) >= 11 is 6.02. The van der Waals surface area contributed by atoms with Gasteiger partial charge in [0.2, 0.25) is 0 Å². The molecule has 0 fully saturated rings. The van der Waals surface area contributed by atoms with Crippen molar-refractivity contribution >= 4 is 28.3 Å². The highest BCUT2D eigenvalue weighted by Crippen LogP contribution is 2.34. The van der Waals surface area contributed by atoms with Gasteiger partial charge < -0.3 is 16.2 Å². The zero-order chi connectivity index (χ0) is 18.0. The molecule has 1 atom stereocenters. The molecular formula is C19H21ClN4O. The Bertz CT molecular complexity index is 898. The number of phenolic OH excluding ortho intramolecular Hbond substituents is 1. The van der Waals surface area contributed by atoms with E-state index in [0.29, 0.717) is 29.7 Å². The fourth-order valence-electron chi connectivity index (χ4n) is 2.48. The largest absolute Gasteiger partial charge is 0.506 e. The summed E-state index contributed by atoms with van der Waals surface area (Å²) in [5, 5.41) is 14.8. The lowest BCUT2D eigenvalue weighted by molar-refractivity contribution is 0.477. The molecule has 0 bridgehead atoms. The average Bonchev–Trinajstić information content (AvgIpc) is 2.61. The Labute approximate surface area is 151 Å². The molecule has 0 unspecified atom stereocenters. The number of aromatic nitrogens is 2. The molecule has 1 heterocycles. The van der Waals surface area contributed by atoms with Gasteiger partial charge in [-0.2, -0.15) is 0 Å². The normalized spacial score (nSPS) is 12.5. The van der Waals surface area contributed by atoms with E-state index in [9.17, 15) is 5.11 Å². The van der Waals surface area contributed by atoms with Gasteiger partial charge in [-0.15, -0.1) is 0 Å². The third kappa shape index (κ3) is 3.67. The first-order chi connectivity index (χ1) is 12.0. The molecule has 1 aromatic heterocycles. The van der Waals surface area contributed by atoms with Crippen LogP contribution in [0.15, 0.2) is 42.5 Å². The second-order valence-electron chi connectivity index (χ2n) is 6.34. The van der Waals surface area contributed by atoms with E-state index in [1.54, 1.807) is 18.2 Å². The van der Waals surface area contributed by atoms with Crippen molar-refractivity contribution in [3.63, 3.8) is 0 Å². The summed E-state index contributed by atoms with van der Waals surface area (Å²) in [6.07, 6.45) is 0. The Morgan fingerprint density at radius 1 is 1.12 bits per heavy atom. The summed E-state index contributed by atoms with van der Waals surface area (Å²) in [5.74, 6) is 1.44. The molecule has 2 aromatic carbocycles. The van der Waals surface area contributed by atoms with Crippen LogP contribution in [0.5, 0.6) is 5.75 Å². The molecule has 0 spiro atoms. The first-order valence-corrected chi connectivity index (χ1v) is 8.59.